The standard InChI is InChI=1S/C24H22N4O2S/c1-27-8-10-28(11-9-27)19-6-4-17(5-7-19)21-15-25-14-18-3-2-16(12-20(18)21)13-22-23(29)26-24(30)31-22/h2-7,12-15H,8-11H2,1H3,(H,26,29,30). The van der Waals surface area contributed by atoms with Crippen LogP contribution >= 0.6 is 11.8 Å². The fourth-order valence-electron chi connectivity index (χ4n) is 3.99. The first-order valence-corrected chi connectivity index (χ1v) is 11.0. The van der Waals surface area contributed by atoms with Gasteiger partial charge in [0.2, 0.25) is 0 Å². The SMILES string of the molecule is CN1CCN(c2ccc(-c3cncc4ccc(C=C5SC(=O)NC5=O)cc34)cc2)CC1. The maximum Gasteiger partial charge on any atom is 0.290 e. The molecule has 0 aliphatic carbocycles. The van der Waals surface area contributed by atoms with Crippen molar-refractivity contribution in [1.82, 2.24) is 15.2 Å². The Balaban J connectivity index is 1.47. The van der Waals surface area contributed by atoms with Crippen molar-refractivity contribution in [1.29, 1.82) is 0 Å². The van der Waals surface area contributed by atoms with Crippen LogP contribution in [0.1, 0.15) is 5.56 Å². The fourth-order valence-corrected chi connectivity index (χ4v) is 4.67. The van der Waals surface area contributed by atoms with Crippen molar-refractivity contribution >= 4 is 45.4 Å². The van der Waals surface area contributed by atoms with Crippen LogP contribution in [0.25, 0.3) is 28.0 Å². The quantitative estimate of drug-likeness (QED) is 0.634. The lowest BCUT2D eigenvalue weighted by Gasteiger charge is -2.34. The van der Waals surface area contributed by atoms with E-state index in [2.05, 4.69) is 51.4 Å². The molecule has 31 heavy (non-hydrogen) atoms. The molecule has 7 heteroatoms. The summed E-state index contributed by atoms with van der Waals surface area (Å²) >= 11 is 0.931. The average Bonchev–Trinajstić information content (AvgIpc) is 3.10. The number of nitrogens with zero attached hydrogens (tertiary/aromatic N) is 3. The highest BCUT2D eigenvalue weighted by Gasteiger charge is 2.25. The van der Waals surface area contributed by atoms with Crippen molar-refractivity contribution in [2.24, 2.45) is 0 Å². The Kier molecular flexibility index (Phi) is 5.21. The summed E-state index contributed by atoms with van der Waals surface area (Å²) < 4.78 is 0. The molecule has 2 saturated heterocycles. The molecule has 0 unspecified atom stereocenters. The van der Waals surface area contributed by atoms with E-state index < -0.39 is 0 Å². The molecule has 0 atom stereocenters. The third-order valence-corrected chi connectivity index (χ3v) is 6.58. The molecule has 156 valence electrons. The Morgan fingerprint density at radius 3 is 2.48 bits per heavy atom. The van der Waals surface area contributed by atoms with Crippen molar-refractivity contribution in [3.8, 4) is 11.1 Å². The monoisotopic (exact) mass is 430 g/mol. The van der Waals surface area contributed by atoms with Gasteiger partial charge in [-0.2, -0.15) is 0 Å². The minimum atomic E-state index is -0.343. The summed E-state index contributed by atoms with van der Waals surface area (Å²) in [5.41, 5.74) is 4.26. The molecule has 2 aliphatic heterocycles. The smallest absolute Gasteiger partial charge is 0.290 e. The first kappa shape index (κ1) is 19.8. The number of carbonyl (C=O) groups is 2. The zero-order chi connectivity index (χ0) is 21.4. The molecule has 6 nitrogen and oxygen atoms in total. The van der Waals surface area contributed by atoms with Crippen LogP contribution in [0.2, 0.25) is 0 Å². The molecule has 3 heterocycles. The molecule has 0 spiro atoms. The lowest BCUT2D eigenvalue weighted by Crippen LogP contribution is -2.44. The Labute approximate surface area is 184 Å². The van der Waals surface area contributed by atoms with E-state index in [0.717, 1.165) is 65.4 Å². The molecule has 1 N–H and O–H groups in total. The third-order valence-electron chi connectivity index (χ3n) is 5.77. The van der Waals surface area contributed by atoms with Crippen LogP contribution in [-0.2, 0) is 4.79 Å². The van der Waals surface area contributed by atoms with Crippen LogP contribution in [0.5, 0.6) is 0 Å². The van der Waals surface area contributed by atoms with Crippen molar-refractivity contribution in [2.45, 2.75) is 0 Å². The summed E-state index contributed by atoms with van der Waals surface area (Å²) in [4.78, 5) is 32.9. The highest BCUT2D eigenvalue weighted by atomic mass is 32.2. The van der Waals surface area contributed by atoms with Crippen molar-refractivity contribution in [2.75, 3.05) is 38.1 Å². The number of aromatic nitrogens is 1. The van der Waals surface area contributed by atoms with Gasteiger partial charge in [-0.15, -0.1) is 0 Å². The van der Waals surface area contributed by atoms with Gasteiger partial charge in [0.25, 0.3) is 11.1 Å². The molecule has 0 radical (unpaired) electrons. The largest absolute Gasteiger partial charge is 0.369 e. The highest BCUT2D eigenvalue weighted by Crippen LogP contribution is 2.32. The summed E-state index contributed by atoms with van der Waals surface area (Å²) in [5.74, 6) is -0.343. The summed E-state index contributed by atoms with van der Waals surface area (Å²) in [7, 11) is 2.16. The van der Waals surface area contributed by atoms with Crippen LogP contribution in [0, 0.1) is 0 Å². The van der Waals surface area contributed by atoms with Crippen molar-refractivity contribution in [3.63, 3.8) is 0 Å². The zero-order valence-electron chi connectivity index (χ0n) is 17.2. The van der Waals surface area contributed by atoms with Crippen LogP contribution in [-0.4, -0.2) is 54.3 Å². The number of hydrogen-bond acceptors (Lipinski definition) is 6. The summed E-state index contributed by atoms with van der Waals surface area (Å²) in [6.45, 7) is 4.24. The van der Waals surface area contributed by atoms with Crippen molar-refractivity contribution in [3.05, 3.63) is 65.3 Å². The van der Waals surface area contributed by atoms with E-state index in [0.29, 0.717) is 4.91 Å². The third kappa shape index (κ3) is 4.06. The molecule has 0 saturated carbocycles. The van der Waals surface area contributed by atoms with Gasteiger partial charge in [-0.05, 0) is 59.6 Å². The minimum absolute atomic E-state index is 0.331. The predicted octanol–water partition coefficient (Wildman–Crippen LogP) is 3.98. The molecule has 2 aliphatic rings. The summed E-state index contributed by atoms with van der Waals surface area (Å²) in [5, 5.41) is 4.06. The van der Waals surface area contributed by atoms with Gasteiger partial charge in [0, 0.05) is 55.2 Å². The maximum absolute atomic E-state index is 11.9. The molecule has 2 amide bonds. The van der Waals surface area contributed by atoms with Gasteiger partial charge >= 0.3 is 0 Å². The second-order valence-electron chi connectivity index (χ2n) is 7.86. The lowest BCUT2D eigenvalue weighted by atomic mass is 9.98. The highest BCUT2D eigenvalue weighted by molar-refractivity contribution is 8.18. The van der Waals surface area contributed by atoms with E-state index in [4.69, 9.17) is 0 Å². The second-order valence-corrected chi connectivity index (χ2v) is 8.87. The van der Waals surface area contributed by atoms with Gasteiger partial charge in [-0.1, -0.05) is 24.3 Å². The number of fused-ring (bicyclic) bond motifs is 1. The number of nitrogens with one attached hydrogen (secondary N) is 1. The lowest BCUT2D eigenvalue weighted by molar-refractivity contribution is -0.115. The number of piperazine rings is 1. The molecular formula is C24H22N4O2S. The predicted molar refractivity (Wildman–Crippen MR) is 126 cm³/mol. The number of anilines is 1. The Hall–Kier alpha value is -3.16. The number of likely N-dealkylation sites (N-methyl/N-ethyl adjacent to an activating group) is 1. The second kappa shape index (κ2) is 8.17. The topological polar surface area (TPSA) is 65.5 Å². The summed E-state index contributed by atoms with van der Waals surface area (Å²) in [6, 6.07) is 14.6. The average molecular weight is 431 g/mol. The van der Waals surface area contributed by atoms with Gasteiger partial charge in [-0.3, -0.25) is 19.9 Å². The zero-order valence-corrected chi connectivity index (χ0v) is 18.0. The normalized spacial score (nSPS) is 18.7. The minimum Gasteiger partial charge on any atom is -0.369 e. The molecule has 3 aromatic rings. The Bertz CT molecular complexity index is 1200. The number of carbonyl (C=O) groups excluding carboxylic acids is 2. The van der Waals surface area contributed by atoms with Crippen molar-refractivity contribution < 1.29 is 9.59 Å². The Morgan fingerprint density at radius 1 is 1.00 bits per heavy atom. The van der Waals surface area contributed by atoms with Gasteiger partial charge in [0.15, 0.2) is 0 Å². The van der Waals surface area contributed by atoms with E-state index in [1.54, 1.807) is 6.08 Å². The van der Waals surface area contributed by atoms with E-state index >= 15 is 0 Å². The van der Waals surface area contributed by atoms with Gasteiger partial charge in [0.1, 0.15) is 0 Å². The number of imide groups is 1. The van der Waals surface area contributed by atoms with Crippen LogP contribution in [0.15, 0.2) is 59.8 Å². The first-order valence-electron chi connectivity index (χ1n) is 10.2. The fraction of sp³-hybridized carbons (Fsp3) is 0.208. The van der Waals surface area contributed by atoms with E-state index in [1.165, 1.54) is 5.69 Å². The van der Waals surface area contributed by atoms with Gasteiger partial charge in [-0.25, -0.2) is 0 Å². The number of thioether (sulfide) groups is 1. The number of pyridine rings is 1. The number of benzene rings is 2. The number of amides is 2. The maximum atomic E-state index is 11.9. The molecule has 0 bridgehead atoms. The summed E-state index contributed by atoms with van der Waals surface area (Å²) in [6.07, 6.45) is 5.48. The molecule has 2 aromatic carbocycles. The molecule has 1 aromatic heterocycles. The van der Waals surface area contributed by atoms with Gasteiger partial charge in [0.05, 0.1) is 4.91 Å². The van der Waals surface area contributed by atoms with Crippen LogP contribution < -0.4 is 10.2 Å². The van der Waals surface area contributed by atoms with Gasteiger partial charge < -0.3 is 9.80 Å². The van der Waals surface area contributed by atoms with E-state index in [-0.39, 0.29) is 11.1 Å². The molecule has 5 rings (SSSR count). The molecule has 2 fully saturated rings. The van der Waals surface area contributed by atoms with E-state index in [9.17, 15) is 9.59 Å². The van der Waals surface area contributed by atoms with E-state index in [1.807, 2.05) is 30.6 Å². The van der Waals surface area contributed by atoms with Crippen LogP contribution in [0.3, 0.4) is 0 Å². The Morgan fingerprint density at radius 2 is 1.77 bits per heavy atom. The number of hydrogen-bond donors (Lipinski definition) is 1. The number of rotatable bonds is 3. The molecular weight excluding hydrogens is 408 g/mol. The first-order chi connectivity index (χ1) is 15.1. The van der Waals surface area contributed by atoms with Crippen LogP contribution in [0.4, 0.5) is 10.5 Å².